The predicted molar refractivity (Wildman–Crippen MR) is 71.6 cm³/mol. The Morgan fingerprint density at radius 1 is 0.867 bits per heavy atom. The molecule has 0 N–H and O–H groups in total. The van der Waals surface area contributed by atoms with Gasteiger partial charge in [-0.15, -0.1) is 0 Å². The molecule has 0 radical (unpaired) electrons. The Labute approximate surface area is 96.5 Å². The van der Waals surface area contributed by atoms with Crippen LogP contribution in [-0.4, -0.2) is 32.6 Å². The van der Waals surface area contributed by atoms with E-state index in [1.807, 2.05) is 0 Å². The molecule has 1 nitrogen and oxygen atoms in total. The molecule has 0 aromatic rings. The normalized spacial score (nSPS) is 26.5. The van der Waals surface area contributed by atoms with E-state index in [4.69, 9.17) is 0 Å². The van der Waals surface area contributed by atoms with E-state index < -0.39 is 0 Å². The fraction of sp³-hybridized carbons (Fsp3) is 1.00. The standard InChI is InChI=1S/C12H25B2N/c1-13-15-9-7-12(8-10-15)14-11-5-3-2-4-6-11/h11-14H,2-10H2,1H3. The molecule has 0 unspecified atom stereocenters. The molecule has 1 aliphatic heterocycles. The lowest BCUT2D eigenvalue weighted by molar-refractivity contribution is 0.357. The van der Waals surface area contributed by atoms with Gasteiger partial charge in [0.1, 0.15) is 7.28 Å². The molecule has 0 amide bonds. The Balaban J connectivity index is 1.67. The van der Waals surface area contributed by atoms with E-state index in [9.17, 15) is 0 Å². The molecule has 2 fully saturated rings. The summed E-state index contributed by atoms with van der Waals surface area (Å²) >= 11 is 0. The highest BCUT2D eigenvalue weighted by molar-refractivity contribution is 6.39. The maximum absolute atomic E-state index is 2.61. The molecule has 15 heavy (non-hydrogen) atoms. The van der Waals surface area contributed by atoms with Gasteiger partial charge in [0.2, 0.25) is 7.41 Å². The van der Waals surface area contributed by atoms with Crippen molar-refractivity contribution in [3.8, 4) is 0 Å². The van der Waals surface area contributed by atoms with E-state index in [0.717, 1.165) is 11.6 Å². The first-order valence-electron chi connectivity index (χ1n) is 7.11. The van der Waals surface area contributed by atoms with Crippen LogP contribution in [0.3, 0.4) is 0 Å². The lowest BCUT2D eigenvalue weighted by Gasteiger charge is -2.33. The minimum atomic E-state index is 1.07. The third-order valence-electron chi connectivity index (χ3n) is 4.55. The third kappa shape index (κ3) is 3.55. The van der Waals surface area contributed by atoms with Crippen molar-refractivity contribution >= 4 is 14.7 Å². The molecule has 0 aromatic heterocycles. The summed E-state index contributed by atoms with van der Waals surface area (Å²) in [5.74, 6) is 2.16. The van der Waals surface area contributed by atoms with Gasteiger partial charge in [0, 0.05) is 0 Å². The molecule has 1 saturated carbocycles. The zero-order valence-electron chi connectivity index (χ0n) is 10.4. The second-order valence-electron chi connectivity index (χ2n) is 5.62. The Morgan fingerprint density at radius 3 is 2.07 bits per heavy atom. The van der Waals surface area contributed by atoms with Crippen molar-refractivity contribution in [3.63, 3.8) is 0 Å². The summed E-state index contributed by atoms with van der Waals surface area (Å²) in [4.78, 5) is 2.61. The van der Waals surface area contributed by atoms with Crippen LogP contribution in [0.2, 0.25) is 18.5 Å². The molecule has 84 valence electrons. The maximum Gasteiger partial charge on any atom is 0.201 e. The van der Waals surface area contributed by atoms with Crippen LogP contribution in [-0.2, 0) is 0 Å². The van der Waals surface area contributed by atoms with Crippen LogP contribution < -0.4 is 0 Å². The van der Waals surface area contributed by atoms with Gasteiger partial charge in [0.25, 0.3) is 0 Å². The maximum atomic E-state index is 2.61. The van der Waals surface area contributed by atoms with E-state index in [-0.39, 0.29) is 0 Å². The fourth-order valence-electron chi connectivity index (χ4n) is 3.43. The van der Waals surface area contributed by atoms with Crippen molar-refractivity contribution in [2.24, 2.45) is 0 Å². The van der Waals surface area contributed by atoms with Crippen LogP contribution in [0.25, 0.3) is 0 Å². The molecule has 2 rings (SSSR count). The third-order valence-corrected chi connectivity index (χ3v) is 4.55. The van der Waals surface area contributed by atoms with E-state index in [1.54, 1.807) is 7.28 Å². The van der Waals surface area contributed by atoms with Gasteiger partial charge in [-0.05, 0) is 25.9 Å². The summed E-state index contributed by atoms with van der Waals surface area (Å²) in [7, 11) is 2.81. The average Bonchev–Trinajstić information content (AvgIpc) is 2.31. The Kier molecular flexibility index (Phi) is 4.61. The van der Waals surface area contributed by atoms with Gasteiger partial charge in [-0.2, -0.15) is 0 Å². The highest BCUT2D eigenvalue weighted by Crippen LogP contribution is 2.33. The Morgan fingerprint density at radius 2 is 1.47 bits per heavy atom. The highest BCUT2D eigenvalue weighted by Gasteiger charge is 2.23. The van der Waals surface area contributed by atoms with Crippen molar-refractivity contribution in [2.75, 3.05) is 13.1 Å². The molecule has 0 aromatic carbocycles. The molecule has 1 saturated heterocycles. The smallest absolute Gasteiger partial charge is 0.201 e. The average molecular weight is 205 g/mol. The number of hydrogen-bond donors (Lipinski definition) is 0. The number of rotatable bonds is 3. The van der Waals surface area contributed by atoms with E-state index >= 15 is 0 Å². The fourth-order valence-corrected chi connectivity index (χ4v) is 3.43. The first-order valence-corrected chi connectivity index (χ1v) is 7.11. The second-order valence-corrected chi connectivity index (χ2v) is 5.62. The van der Waals surface area contributed by atoms with Crippen LogP contribution in [0, 0.1) is 0 Å². The van der Waals surface area contributed by atoms with E-state index in [0.29, 0.717) is 0 Å². The Bertz CT molecular complexity index is 172. The molecular formula is C12H25B2N. The van der Waals surface area contributed by atoms with Gasteiger partial charge in [-0.25, -0.2) is 0 Å². The number of hydrogen-bond acceptors (Lipinski definition) is 1. The topological polar surface area (TPSA) is 3.24 Å². The van der Waals surface area contributed by atoms with Crippen LogP contribution in [0.5, 0.6) is 0 Å². The lowest BCUT2D eigenvalue weighted by Crippen LogP contribution is -2.35. The van der Waals surface area contributed by atoms with Gasteiger partial charge < -0.3 is 4.81 Å². The molecule has 1 heterocycles. The summed E-state index contributed by atoms with van der Waals surface area (Å²) in [6.07, 6.45) is 10.6. The van der Waals surface area contributed by atoms with Gasteiger partial charge in [0.05, 0.1) is 0 Å². The molecule has 2 aliphatic rings. The predicted octanol–water partition coefficient (Wildman–Crippen LogP) is 2.46. The quantitative estimate of drug-likeness (QED) is 0.639. The molecule has 1 aliphatic carbocycles. The molecular weight excluding hydrogens is 180 g/mol. The summed E-state index contributed by atoms with van der Waals surface area (Å²) in [5.41, 5.74) is 0. The van der Waals surface area contributed by atoms with Crippen LogP contribution in [0.4, 0.5) is 0 Å². The van der Waals surface area contributed by atoms with Crippen LogP contribution >= 0.6 is 0 Å². The van der Waals surface area contributed by atoms with Gasteiger partial charge in [-0.3, -0.25) is 0 Å². The largest absolute Gasteiger partial charge is 0.345 e. The van der Waals surface area contributed by atoms with Crippen LogP contribution in [0.15, 0.2) is 0 Å². The number of piperidine rings is 1. The van der Waals surface area contributed by atoms with Gasteiger partial charge in [0.15, 0.2) is 0 Å². The SMILES string of the molecule is CBN1CCC(BC2CCCCC2)CC1. The molecule has 0 bridgehead atoms. The first kappa shape index (κ1) is 11.6. The molecule has 3 heteroatoms. The van der Waals surface area contributed by atoms with Crippen LogP contribution in [0.1, 0.15) is 44.9 Å². The summed E-state index contributed by atoms with van der Waals surface area (Å²) in [6, 6.07) is 0. The first-order chi connectivity index (χ1) is 7.38. The molecule has 0 spiro atoms. The lowest BCUT2D eigenvalue weighted by atomic mass is 9.49. The van der Waals surface area contributed by atoms with E-state index in [1.165, 1.54) is 65.4 Å². The van der Waals surface area contributed by atoms with E-state index in [2.05, 4.69) is 11.6 Å². The van der Waals surface area contributed by atoms with Crippen molar-refractivity contribution in [2.45, 2.75) is 63.4 Å². The summed E-state index contributed by atoms with van der Waals surface area (Å²) < 4.78 is 0. The van der Waals surface area contributed by atoms with Crippen molar-refractivity contribution in [3.05, 3.63) is 0 Å². The summed E-state index contributed by atoms with van der Waals surface area (Å²) in [5, 5.41) is 0. The highest BCUT2D eigenvalue weighted by atomic mass is 15.0. The molecule has 0 atom stereocenters. The summed E-state index contributed by atoms with van der Waals surface area (Å²) in [6.45, 7) is 5.03. The van der Waals surface area contributed by atoms with Gasteiger partial charge in [-0.1, -0.05) is 50.6 Å². The Hall–Kier alpha value is 0.0899. The zero-order valence-corrected chi connectivity index (χ0v) is 10.4. The zero-order chi connectivity index (χ0) is 10.5. The van der Waals surface area contributed by atoms with Crippen molar-refractivity contribution in [1.82, 2.24) is 4.81 Å². The second kappa shape index (κ2) is 5.98. The minimum absolute atomic E-state index is 1.07. The monoisotopic (exact) mass is 205 g/mol. The van der Waals surface area contributed by atoms with Crippen molar-refractivity contribution < 1.29 is 0 Å². The van der Waals surface area contributed by atoms with Crippen molar-refractivity contribution in [1.29, 1.82) is 0 Å². The minimum Gasteiger partial charge on any atom is -0.345 e. The number of nitrogens with zero attached hydrogens (tertiary/aromatic N) is 1. The van der Waals surface area contributed by atoms with Gasteiger partial charge >= 0.3 is 0 Å².